The molecule has 1 N–H and O–H groups in total. The van der Waals surface area contributed by atoms with E-state index in [9.17, 15) is 13.2 Å². The van der Waals surface area contributed by atoms with Gasteiger partial charge in [0.2, 0.25) is 15.9 Å². The van der Waals surface area contributed by atoms with E-state index in [2.05, 4.69) is 5.32 Å². The van der Waals surface area contributed by atoms with Crippen molar-refractivity contribution in [1.82, 2.24) is 9.62 Å². The fourth-order valence-electron chi connectivity index (χ4n) is 3.90. The van der Waals surface area contributed by atoms with Gasteiger partial charge in [0.05, 0.1) is 23.4 Å². The van der Waals surface area contributed by atoms with Gasteiger partial charge in [0.25, 0.3) is 0 Å². The van der Waals surface area contributed by atoms with E-state index in [1.165, 1.54) is 4.31 Å². The summed E-state index contributed by atoms with van der Waals surface area (Å²) in [7, 11) is -3.43. The Balaban J connectivity index is 1.59. The zero-order chi connectivity index (χ0) is 19.7. The lowest BCUT2D eigenvalue weighted by Crippen LogP contribution is -2.52. The molecule has 1 amide bonds. The Morgan fingerprint density at radius 3 is 2.33 bits per heavy atom. The number of carbonyl (C=O) groups is 1. The highest BCUT2D eigenvalue weighted by atomic mass is 35.5. The number of nitrogens with zero attached hydrogens (tertiary/aromatic N) is 1. The van der Waals surface area contributed by atoms with Crippen LogP contribution in [0.1, 0.15) is 38.7 Å². The maximum Gasteiger partial charge on any atom is 0.230 e. The van der Waals surface area contributed by atoms with E-state index in [1.54, 1.807) is 12.1 Å². The Kier molecular flexibility index (Phi) is 6.15. The van der Waals surface area contributed by atoms with E-state index < -0.39 is 15.4 Å². The highest BCUT2D eigenvalue weighted by Crippen LogP contribution is 2.44. The number of morpholine rings is 1. The first-order valence-electron chi connectivity index (χ1n) is 9.40. The molecule has 0 spiro atoms. The number of hydrogen-bond donors (Lipinski definition) is 1. The number of rotatable bonds is 6. The van der Waals surface area contributed by atoms with Crippen molar-refractivity contribution in [3.63, 3.8) is 0 Å². The van der Waals surface area contributed by atoms with Crippen molar-refractivity contribution in [2.45, 2.75) is 50.7 Å². The molecule has 6 nitrogen and oxygen atoms in total. The Bertz CT molecular complexity index is 767. The molecule has 2 aliphatic rings. The van der Waals surface area contributed by atoms with Crippen LogP contribution in [-0.4, -0.2) is 56.2 Å². The quantitative estimate of drug-likeness (QED) is 0.775. The van der Waals surface area contributed by atoms with Crippen molar-refractivity contribution >= 4 is 27.5 Å². The van der Waals surface area contributed by atoms with Gasteiger partial charge in [-0.2, -0.15) is 4.31 Å². The molecule has 0 radical (unpaired) electrons. The largest absolute Gasteiger partial charge is 0.373 e. The Labute approximate surface area is 166 Å². The lowest BCUT2D eigenvalue weighted by atomic mass is 9.64. The summed E-state index contributed by atoms with van der Waals surface area (Å²) in [5, 5.41) is 3.48. The number of ether oxygens (including phenoxy) is 1. The van der Waals surface area contributed by atoms with Crippen LogP contribution in [-0.2, 0) is 25.0 Å². The van der Waals surface area contributed by atoms with Gasteiger partial charge in [-0.25, -0.2) is 8.42 Å². The van der Waals surface area contributed by atoms with Gasteiger partial charge in [-0.05, 0) is 44.4 Å². The van der Waals surface area contributed by atoms with Crippen molar-refractivity contribution < 1.29 is 17.9 Å². The summed E-state index contributed by atoms with van der Waals surface area (Å²) in [5.41, 5.74) is 0.380. The molecule has 8 heteroatoms. The van der Waals surface area contributed by atoms with E-state index in [4.69, 9.17) is 16.3 Å². The number of carbonyl (C=O) groups excluding carboxylic acids is 1. The molecular weight excluding hydrogens is 388 g/mol. The second-order valence-electron chi connectivity index (χ2n) is 7.59. The highest BCUT2D eigenvalue weighted by molar-refractivity contribution is 7.89. The van der Waals surface area contributed by atoms with Gasteiger partial charge in [-0.15, -0.1) is 0 Å². The van der Waals surface area contributed by atoms with Crippen molar-refractivity contribution in [1.29, 1.82) is 0 Å². The summed E-state index contributed by atoms with van der Waals surface area (Å²) in [6, 6.07) is 7.34. The number of halogens is 1. The van der Waals surface area contributed by atoms with Gasteiger partial charge >= 0.3 is 0 Å². The van der Waals surface area contributed by atoms with E-state index in [0.29, 0.717) is 18.1 Å². The van der Waals surface area contributed by atoms with Crippen LogP contribution >= 0.6 is 11.6 Å². The zero-order valence-corrected chi connectivity index (χ0v) is 17.4. The molecule has 1 saturated carbocycles. The predicted molar refractivity (Wildman–Crippen MR) is 105 cm³/mol. The minimum atomic E-state index is -3.43. The van der Waals surface area contributed by atoms with Crippen molar-refractivity contribution in [2.75, 3.05) is 25.4 Å². The normalized spacial score (nSPS) is 25.6. The molecule has 1 aromatic rings. The second kappa shape index (κ2) is 8.07. The minimum absolute atomic E-state index is 0.102. The molecular formula is C19H27ClN2O4S. The van der Waals surface area contributed by atoms with Gasteiger partial charge in [-0.1, -0.05) is 30.2 Å². The van der Waals surface area contributed by atoms with Gasteiger partial charge < -0.3 is 10.1 Å². The molecule has 2 unspecified atom stereocenters. The number of amides is 1. The summed E-state index contributed by atoms with van der Waals surface area (Å²) in [4.78, 5) is 12.8. The van der Waals surface area contributed by atoms with Gasteiger partial charge in [0.15, 0.2) is 0 Å². The van der Waals surface area contributed by atoms with Gasteiger partial charge in [-0.3, -0.25) is 4.79 Å². The number of hydrogen-bond acceptors (Lipinski definition) is 4. The molecule has 0 aromatic heterocycles. The predicted octanol–water partition coefficient (Wildman–Crippen LogP) is 2.32. The van der Waals surface area contributed by atoms with Crippen LogP contribution in [0, 0.1) is 0 Å². The van der Waals surface area contributed by atoms with Crippen LogP contribution in [0.5, 0.6) is 0 Å². The Morgan fingerprint density at radius 1 is 1.22 bits per heavy atom. The van der Waals surface area contributed by atoms with Crippen LogP contribution in [0.3, 0.4) is 0 Å². The van der Waals surface area contributed by atoms with Gasteiger partial charge in [0, 0.05) is 24.7 Å². The topological polar surface area (TPSA) is 75.7 Å². The maximum absolute atomic E-state index is 12.8. The third-order valence-electron chi connectivity index (χ3n) is 5.46. The molecule has 1 heterocycles. The van der Waals surface area contributed by atoms with Crippen molar-refractivity contribution in [2.24, 2.45) is 0 Å². The smallest absolute Gasteiger partial charge is 0.230 e. The van der Waals surface area contributed by atoms with Crippen molar-refractivity contribution in [3.8, 4) is 0 Å². The Hall–Kier alpha value is -1.15. The van der Waals surface area contributed by atoms with E-state index in [0.717, 1.165) is 24.8 Å². The standard InChI is InChI=1S/C19H27ClN2O4S/c1-14-12-22(13-15(2)26-14)27(24,25)11-10-21-18(23)19(8-3-9-19)16-4-6-17(20)7-5-16/h4-7,14-15H,3,8-13H2,1-2H3,(H,21,23). The van der Waals surface area contributed by atoms with Crippen molar-refractivity contribution in [3.05, 3.63) is 34.9 Å². The van der Waals surface area contributed by atoms with E-state index >= 15 is 0 Å². The molecule has 27 heavy (non-hydrogen) atoms. The number of nitrogens with one attached hydrogen (secondary N) is 1. The number of sulfonamides is 1. The van der Waals surface area contributed by atoms with Gasteiger partial charge in [0.1, 0.15) is 0 Å². The summed E-state index contributed by atoms with van der Waals surface area (Å²) in [6.07, 6.45) is 2.28. The number of benzene rings is 1. The first-order valence-corrected chi connectivity index (χ1v) is 11.4. The monoisotopic (exact) mass is 414 g/mol. The minimum Gasteiger partial charge on any atom is -0.373 e. The van der Waals surface area contributed by atoms with Crippen LogP contribution < -0.4 is 5.32 Å². The third kappa shape index (κ3) is 4.47. The third-order valence-corrected chi connectivity index (χ3v) is 7.52. The molecule has 1 aromatic carbocycles. The molecule has 1 aliphatic heterocycles. The molecule has 1 aliphatic carbocycles. The molecule has 2 atom stereocenters. The zero-order valence-electron chi connectivity index (χ0n) is 15.8. The summed E-state index contributed by atoms with van der Waals surface area (Å²) < 4.78 is 32.3. The SMILES string of the molecule is CC1CN(S(=O)(=O)CCNC(=O)C2(c3ccc(Cl)cc3)CCC2)CC(C)O1. The Morgan fingerprint density at radius 2 is 1.81 bits per heavy atom. The van der Waals surface area contributed by atoms with Crippen LogP contribution in [0.25, 0.3) is 0 Å². The summed E-state index contributed by atoms with van der Waals surface area (Å²) >= 11 is 5.95. The molecule has 2 fully saturated rings. The van der Waals surface area contributed by atoms with Crippen LogP contribution in [0.2, 0.25) is 5.02 Å². The molecule has 0 bridgehead atoms. The van der Waals surface area contributed by atoms with E-state index in [1.807, 2.05) is 26.0 Å². The summed E-state index contributed by atoms with van der Waals surface area (Å²) in [6.45, 7) is 4.56. The van der Waals surface area contributed by atoms with Crippen LogP contribution in [0.15, 0.2) is 24.3 Å². The lowest BCUT2D eigenvalue weighted by molar-refractivity contribution is -0.129. The molecule has 150 valence electrons. The summed E-state index contributed by atoms with van der Waals surface area (Å²) in [5.74, 6) is -0.204. The average molecular weight is 415 g/mol. The van der Waals surface area contributed by atoms with E-state index in [-0.39, 0.29) is 30.4 Å². The molecule has 1 saturated heterocycles. The first-order chi connectivity index (χ1) is 12.7. The first kappa shape index (κ1) is 20.6. The maximum atomic E-state index is 12.8. The fourth-order valence-corrected chi connectivity index (χ4v) is 5.51. The van der Waals surface area contributed by atoms with Crippen LogP contribution in [0.4, 0.5) is 0 Å². The second-order valence-corrected chi connectivity index (χ2v) is 10.1. The molecule has 3 rings (SSSR count). The highest BCUT2D eigenvalue weighted by Gasteiger charge is 2.45. The fraction of sp³-hybridized carbons (Fsp3) is 0.632. The average Bonchev–Trinajstić information content (AvgIpc) is 2.54. The lowest BCUT2D eigenvalue weighted by Gasteiger charge is -2.41.